The van der Waals surface area contributed by atoms with E-state index in [4.69, 9.17) is 21.1 Å². The Labute approximate surface area is 176 Å². The van der Waals surface area contributed by atoms with Gasteiger partial charge in [0, 0.05) is 12.1 Å². The topological polar surface area (TPSA) is 99.4 Å². The number of nitro groups is 1. The largest absolute Gasteiger partial charge is 0.495 e. The smallest absolute Gasteiger partial charge is 0.271 e. The molecule has 0 saturated carbocycles. The lowest BCUT2D eigenvalue weighted by Crippen LogP contribution is -2.01. The Kier molecular flexibility index (Phi) is 5.32. The maximum atomic E-state index is 11.1. The average molecular weight is 423 g/mol. The Morgan fingerprint density at radius 1 is 1.07 bits per heavy atom. The summed E-state index contributed by atoms with van der Waals surface area (Å²) in [5, 5.41) is 16.3. The third-order valence-electron chi connectivity index (χ3n) is 4.29. The highest BCUT2D eigenvalue weighted by molar-refractivity contribution is 6.31. The van der Waals surface area contributed by atoms with Gasteiger partial charge in [-0.1, -0.05) is 41.9 Å². The summed E-state index contributed by atoms with van der Waals surface area (Å²) < 4.78 is 11.1. The molecule has 3 aromatic carbocycles. The van der Waals surface area contributed by atoms with Gasteiger partial charge in [0.1, 0.15) is 16.5 Å². The second-order valence-electron chi connectivity index (χ2n) is 6.22. The number of rotatable bonds is 6. The maximum Gasteiger partial charge on any atom is 0.271 e. The first-order valence-electron chi connectivity index (χ1n) is 8.82. The molecule has 0 aliphatic carbocycles. The van der Waals surface area contributed by atoms with Crippen LogP contribution in [-0.2, 0) is 0 Å². The lowest BCUT2D eigenvalue weighted by atomic mass is 10.1. The van der Waals surface area contributed by atoms with Crippen molar-refractivity contribution >= 4 is 39.7 Å². The Bertz CT molecular complexity index is 1250. The highest BCUT2D eigenvalue weighted by atomic mass is 35.5. The molecule has 0 amide bonds. The summed E-state index contributed by atoms with van der Waals surface area (Å²) in [6, 6.07) is 17.7. The summed E-state index contributed by atoms with van der Waals surface area (Å²) in [5.41, 5.74) is 0.241. The summed E-state index contributed by atoms with van der Waals surface area (Å²) >= 11 is 6.20. The van der Waals surface area contributed by atoms with Gasteiger partial charge >= 0.3 is 0 Å². The molecule has 30 heavy (non-hydrogen) atoms. The summed E-state index contributed by atoms with van der Waals surface area (Å²) in [6.07, 6.45) is 1.39. The first-order valence-corrected chi connectivity index (χ1v) is 9.20. The molecule has 0 aliphatic rings. The highest BCUT2D eigenvalue weighted by Crippen LogP contribution is 2.33. The van der Waals surface area contributed by atoms with Crippen molar-refractivity contribution in [2.24, 2.45) is 0 Å². The molecule has 8 nitrogen and oxygen atoms in total. The van der Waals surface area contributed by atoms with Crippen LogP contribution < -0.4 is 14.8 Å². The predicted octanol–water partition coefficient (Wildman–Crippen LogP) is 5.74. The van der Waals surface area contributed by atoms with Crippen LogP contribution in [0.15, 0.2) is 66.9 Å². The fraction of sp³-hybridized carbons (Fsp3) is 0.0476. The van der Waals surface area contributed by atoms with Crippen molar-refractivity contribution in [2.45, 2.75) is 0 Å². The molecule has 9 heteroatoms. The van der Waals surface area contributed by atoms with Gasteiger partial charge in [-0.05, 0) is 29.0 Å². The highest BCUT2D eigenvalue weighted by Gasteiger charge is 2.14. The zero-order chi connectivity index (χ0) is 21.1. The lowest BCUT2D eigenvalue weighted by Gasteiger charge is -2.12. The number of ether oxygens (including phenoxy) is 2. The van der Waals surface area contributed by atoms with Crippen molar-refractivity contribution in [3.63, 3.8) is 0 Å². The van der Waals surface area contributed by atoms with E-state index >= 15 is 0 Å². The monoisotopic (exact) mass is 422 g/mol. The summed E-state index contributed by atoms with van der Waals surface area (Å²) in [5.74, 6) is 1.26. The molecule has 4 rings (SSSR count). The van der Waals surface area contributed by atoms with Crippen LogP contribution in [0.2, 0.25) is 5.02 Å². The molecule has 0 radical (unpaired) electrons. The van der Waals surface area contributed by atoms with E-state index < -0.39 is 4.92 Å². The molecule has 0 fully saturated rings. The number of anilines is 2. The molecule has 0 saturated heterocycles. The number of nitro benzene ring substituents is 1. The molecule has 1 heterocycles. The maximum absolute atomic E-state index is 11.1. The van der Waals surface area contributed by atoms with Crippen molar-refractivity contribution in [2.75, 3.05) is 12.4 Å². The van der Waals surface area contributed by atoms with Crippen LogP contribution in [0.1, 0.15) is 0 Å². The molecule has 0 atom stereocenters. The zero-order valence-electron chi connectivity index (χ0n) is 15.7. The summed E-state index contributed by atoms with van der Waals surface area (Å²) in [4.78, 5) is 19.0. The SMILES string of the molecule is COc1ccc([N+](=O)[O-])cc1Nc1ncc(Cl)c(Oc2ccc3ccccc3c2)n1. The number of fused-ring (bicyclic) bond motifs is 1. The molecular weight excluding hydrogens is 408 g/mol. The predicted molar refractivity (Wildman–Crippen MR) is 114 cm³/mol. The number of hydrogen-bond acceptors (Lipinski definition) is 7. The number of benzene rings is 3. The van der Waals surface area contributed by atoms with Crippen LogP contribution in [-0.4, -0.2) is 22.0 Å². The van der Waals surface area contributed by atoms with Crippen LogP contribution in [0.25, 0.3) is 10.8 Å². The minimum atomic E-state index is -0.498. The van der Waals surface area contributed by atoms with Gasteiger partial charge in [-0.3, -0.25) is 10.1 Å². The van der Waals surface area contributed by atoms with Crippen molar-refractivity contribution in [3.05, 3.63) is 82.0 Å². The second kappa shape index (κ2) is 8.22. The van der Waals surface area contributed by atoms with Crippen molar-refractivity contribution in [3.8, 4) is 17.4 Å². The number of nitrogens with one attached hydrogen (secondary N) is 1. The Balaban J connectivity index is 1.63. The first kappa shape index (κ1) is 19.4. The molecule has 4 aromatic rings. The van der Waals surface area contributed by atoms with Gasteiger partial charge in [0.25, 0.3) is 5.69 Å². The number of hydrogen-bond donors (Lipinski definition) is 1. The van der Waals surface area contributed by atoms with E-state index in [0.717, 1.165) is 10.8 Å². The lowest BCUT2D eigenvalue weighted by molar-refractivity contribution is -0.384. The van der Waals surface area contributed by atoms with Gasteiger partial charge in [-0.15, -0.1) is 0 Å². The van der Waals surface area contributed by atoms with Gasteiger partial charge in [0.15, 0.2) is 0 Å². The number of nitrogens with zero attached hydrogens (tertiary/aromatic N) is 3. The van der Waals surface area contributed by atoms with E-state index in [1.807, 2.05) is 42.5 Å². The third-order valence-corrected chi connectivity index (χ3v) is 4.55. The molecule has 0 unspecified atom stereocenters. The fourth-order valence-corrected chi connectivity index (χ4v) is 2.98. The Hall–Kier alpha value is -3.91. The van der Waals surface area contributed by atoms with Crippen LogP contribution in [0.3, 0.4) is 0 Å². The van der Waals surface area contributed by atoms with Crippen molar-refractivity contribution < 1.29 is 14.4 Å². The Morgan fingerprint density at radius 2 is 1.87 bits per heavy atom. The van der Waals surface area contributed by atoms with Gasteiger partial charge in [-0.25, -0.2) is 4.98 Å². The van der Waals surface area contributed by atoms with E-state index in [2.05, 4.69) is 15.3 Å². The first-order chi connectivity index (χ1) is 14.5. The molecule has 1 aromatic heterocycles. The average Bonchev–Trinajstić information content (AvgIpc) is 2.76. The molecule has 1 N–H and O–H groups in total. The van der Waals surface area contributed by atoms with Crippen LogP contribution in [0.4, 0.5) is 17.3 Å². The van der Waals surface area contributed by atoms with E-state index in [-0.39, 0.29) is 22.5 Å². The standard InChI is InChI=1S/C21H15ClN4O4/c1-29-19-9-7-15(26(27)28)11-18(19)24-21-23-12-17(22)20(25-21)30-16-8-6-13-4-2-3-5-14(13)10-16/h2-12H,1H3,(H,23,24,25). The summed E-state index contributed by atoms with van der Waals surface area (Å²) in [6.45, 7) is 0. The molecule has 150 valence electrons. The van der Waals surface area contributed by atoms with Gasteiger partial charge in [-0.2, -0.15) is 4.98 Å². The number of halogens is 1. The quantitative estimate of drug-likeness (QED) is 0.312. The summed E-state index contributed by atoms with van der Waals surface area (Å²) in [7, 11) is 1.46. The van der Waals surface area contributed by atoms with Gasteiger partial charge in [0.05, 0.1) is 23.9 Å². The normalized spacial score (nSPS) is 10.6. The van der Waals surface area contributed by atoms with Gasteiger partial charge in [0.2, 0.25) is 11.8 Å². The second-order valence-corrected chi connectivity index (χ2v) is 6.63. The minimum Gasteiger partial charge on any atom is -0.495 e. The fourth-order valence-electron chi connectivity index (χ4n) is 2.85. The molecule has 0 aliphatic heterocycles. The third kappa shape index (κ3) is 4.08. The van der Waals surface area contributed by atoms with Gasteiger partial charge < -0.3 is 14.8 Å². The van der Waals surface area contributed by atoms with E-state index in [9.17, 15) is 10.1 Å². The number of non-ortho nitro benzene ring substituents is 1. The molecule has 0 spiro atoms. The number of aromatic nitrogens is 2. The van der Waals surface area contributed by atoms with Crippen LogP contribution in [0.5, 0.6) is 17.4 Å². The van der Waals surface area contributed by atoms with Crippen LogP contribution >= 0.6 is 11.6 Å². The van der Waals surface area contributed by atoms with Crippen LogP contribution in [0, 0.1) is 10.1 Å². The van der Waals surface area contributed by atoms with E-state index in [0.29, 0.717) is 17.2 Å². The van der Waals surface area contributed by atoms with E-state index in [1.165, 1.54) is 31.5 Å². The van der Waals surface area contributed by atoms with E-state index in [1.54, 1.807) is 0 Å². The molecule has 0 bridgehead atoms. The zero-order valence-corrected chi connectivity index (χ0v) is 16.5. The molecular formula is C21H15ClN4O4. The van der Waals surface area contributed by atoms with Crippen molar-refractivity contribution in [1.82, 2.24) is 9.97 Å². The Morgan fingerprint density at radius 3 is 2.63 bits per heavy atom. The minimum absolute atomic E-state index is 0.0973. The number of methoxy groups -OCH3 is 1. The van der Waals surface area contributed by atoms with Crippen molar-refractivity contribution in [1.29, 1.82) is 0 Å².